The molecule has 0 spiro atoms. The van der Waals surface area contributed by atoms with Crippen molar-refractivity contribution in [3.05, 3.63) is 116 Å². The minimum atomic E-state index is -0.375. The Morgan fingerprint density at radius 2 is 1.85 bits per heavy atom. The number of nitrogens with one attached hydrogen (secondary N) is 2. The summed E-state index contributed by atoms with van der Waals surface area (Å²) < 4.78 is 0. The van der Waals surface area contributed by atoms with Gasteiger partial charge in [-0.15, -0.1) is 0 Å². The van der Waals surface area contributed by atoms with Crippen LogP contribution in [0, 0.1) is 29.9 Å². The molecule has 2 N–H and O–H groups in total. The lowest BCUT2D eigenvalue weighted by Gasteiger charge is -2.37. The second-order valence-electron chi connectivity index (χ2n) is 9.23. The van der Waals surface area contributed by atoms with E-state index in [0.717, 1.165) is 28.8 Å². The Labute approximate surface area is 198 Å². The van der Waals surface area contributed by atoms with Gasteiger partial charge in [-0.3, -0.25) is 14.9 Å². The first-order valence-electron chi connectivity index (χ1n) is 11.6. The average molecular weight is 454 g/mol. The Balaban J connectivity index is 1.36. The molecule has 3 aromatic carbocycles. The molecular formula is C28H27N3O3. The highest BCUT2D eigenvalue weighted by Gasteiger charge is 2.38. The summed E-state index contributed by atoms with van der Waals surface area (Å²) in [6.45, 7) is 4.64. The number of hydrogen-bond acceptors (Lipinski definition) is 4. The Bertz CT molecular complexity index is 1300. The lowest BCUT2D eigenvalue weighted by atomic mass is 9.76. The van der Waals surface area contributed by atoms with Crippen molar-refractivity contribution >= 4 is 17.3 Å². The summed E-state index contributed by atoms with van der Waals surface area (Å²) in [5.74, 6) is 0.406. The van der Waals surface area contributed by atoms with Gasteiger partial charge in [0.1, 0.15) is 0 Å². The molecule has 1 aliphatic heterocycles. The molecule has 1 amide bonds. The standard InChI is InChI=1S/C28H27N3O3/c1-17-6-7-19(14-18(17)2)16-29-28(32)21-10-13-26-25(15-21)23-4-3-5-24(23)27(30-26)20-8-11-22(12-9-20)31(33)34/h3-4,6-15,23-24,27,30H,5,16H2,1-2H3,(H,29,32)/t23-,24+,27-/m0/s1. The third-order valence-electron chi connectivity index (χ3n) is 7.11. The lowest BCUT2D eigenvalue weighted by molar-refractivity contribution is -0.384. The van der Waals surface area contributed by atoms with Crippen LogP contribution in [0.25, 0.3) is 0 Å². The van der Waals surface area contributed by atoms with Gasteiger partial charge < -0.3 is 10.6 Å². The van der Waals surface area contributed by atoms with E-state index in [4.69, 9.17) is 0 Å². The van der Waals surface area contributed by atoms with Crippen molar-refractivity contribution in [3.8, 4) is 0 Å². The first-order valence-corrected chi connectivity index (χ1v) is 11.6. The predicted octanol–water partition coefficient (Wildman–Crippen LogP) is 5.97. The highest BCUT2D eigenvalue weighted by Crippen LogP contribution is 2.50. The largest absolute Gasteiger partial charge is 0.378 e. The maximum atomic E-state index is 12.9. The minimum absolute atomic E-state index is 0.0535. The molecule has 1 aliphatic carbocycles. The van der Waals surface area contributed by atoms with Gasteiger partial charge in [0.15, 0.2) is 0 Å². The van der Waals surface area contributed by atoms with Crippen LogP contribution in [0.4, 0.5) is 11.4 Å². The number of hydrogen-bond donors (Lipinski definition) is 2. The average Bonchev–Trinajstić information content (AvgIpc) is 3.34. The highest BCUT2D eigenvalue weighted by atomic mass is 16.6. The summed E-state index contributed by atoms with van der Waals surface area (Å²) in [4.78, 5) is 23.6. The molecule has 1 heterocycles. The quantitative estimate of drug-likeness (QED) is 0.283. The molecule has 0 bridgehead atoms. The van der Waals surface area contributed by atoms with Crippen LogP contribution in [0.15, 0.2) is 72.8 Å². The molecule has 3 atom stereocenters. The van der Waals surface area contributed by atoms with Crippen molar-refractivity contribution in [1.29, 1.82) is 0 Å². The molecular weight excluding hydrogens is 426 g/mol. The summed E-state index contributed by atoms with van der Waals surface area (Å²) in [6.07, 6.45) is 5.33. The number of non-ortho nitro benzene ring substituents is 1. The van der Waals surface area contributed by atoms with Gasteiger partial charge in [0.25, 0.3) is 11.6 Å². The number of allylic oxidation sites excluding steroid dienone is 2. The van der Waals surface area contributed by atoms with Crippen LogP contribution in [0.1, 0.15) is 56.6 Å². The van der Waals surface area contributed by atoms with Gasteiger partial charge >= 0.3 is 0 Å². The first-order chi connectivity index (χ1) is 16.4. The van der Waals surface area contributed by atoms with E-state index < -0.39 is 0 Å². The van der Waals surface area contributed by atoms with Crippen LogP contribution >= 0.6 is 0 Å². The predicted molar refractivity (Wildman–Crippen MR) is 133 cm³/mol. The summed E-state index contributed by atoms with van der Waals surface area (Å²) in [6, 6.07) is 18.9. The second kappa shape index (κ2) is 8.78. The van der Waals surface area contributed by atoms with Crippen molar-refractivity contribution < 1.29 is 9.72 Å². The van der Waals surface area contributed by atoms with Crippen LogP contribution < -0.4 is 10.6 Å². The fourth-order valence-electron chi connectivity index (χ4n) is 5.07. The molecule has 0 saturated heterocycles. The Kier molecular flexibility index (Phi) is 5.65. The zero-order valence-corrected chi connectivity index (χ0v) is 19.2. The van der Waals surface area contributed by atoms with Crippen molar-refractivity contribution in [2.45, 2.75) is 38.8 Å². The van der Waals surface area contributed by atoms with Crippen molar-refractivity contribution in [1.82, 2.24) is 5.32 Å². The van der Waals surface area contributed by atoms with Crippen LogP contribution in [0.2, 0.25) is 0 Å². The van der Waals surface area contributed by atoms with E-state index >= 15 is 0 Å². The maximum Gasteiger partial charge on any atom is 0.269 e. The fraction of sp³-hybridized carbons (Fsp3) is 0.250. The van der Waals surface area contributed by atoms with E-state index in [1.807, 2.05) is 36.4 Å². The molecule has 2 aliphatic rings. The number of fused-ring (bicyclic) bond motifs is 3. The number of benzene rings is 3. The molecule has 6 heteroatoms. The first kappa shape index (κ1) is 21.9. The normalized spacial score (nSPS) is 20.2. The Hall–Kier alpha value is -3.93. The summed E-state index contributed by atoms with van der Waals surface area (Å²) in [5, 5.41) is 17.7. The smallest absolute Gasteiger partial charge is 0.269 e. The summed E-state index contributed by atoms with van der Waals surface area (Å²) >= 11 is 0. The minimum Gasteiger partial charge on any atom is -0.378 e. The fourth-order valence-corrected chi connectivity index (χ4v) is 5.07. The molecule has 0 saturated carbocycles. The van der Waals surface area contributed by atoms with Crippen LogP contribution in [-0.2, 0) is 6.54 Å². The molecule has 3 aromatic rings. The lowest BCUT2D eigenvalue weighted by Crippen LogP contribution is -2.30. The number of carbonyl (C=O) groups excluding carboxylic acids is 1. The SMILES string of the molecule is Cc1ccc(CNC(=O)c2ccc3c(c2)[C@H]2C=CC[C@H]2[C@H](c2ccc([N+](=O)[O-])cc2)N3)cc1C. The molecule has 0 radical (unpaired) electrons. The molecule has 0 fully saturated rings. The second-order valence-corrected chi connectivity index (χ2v) is 9.23. The monoisotopic (exact) mass is 453 g/mol. The van der Waals surface area contributed by atoms with Crippen molar-refractivity contribution in [2.75, 3.05) is 5.32 Å². The van der Waals surface area contributed by atoms with Gasteiger partial charge in [-0.05, 0) is 72.2 Å². The number of amides is 1. The molecule has 0 unspecified atom stereocenters. The zero-order chi connectivity index (χ0) is 23.8. The summed E-state index contributed by atoms with van der Waals surface area (Å²) in [7, 11) is 0. The molecule has 6 nitrogen and oxygen atoms in total. The van der Waals surface area contributed by atoms with Crippen LogP contribution in [0.3, 0.4) is 0 Å². The van der Waals surface area contributed by atoms with Crippen LogP contribution in [0.5, 0.6) is 0 Å². The van der Waals surface area contributed by atoms with E-state index in [9.17, 15) is 14.9 Å². The van der Waals surface area contributed by atoms with Crippen molar-refractivity contribution in [3.63, 3.8) is 0 Å². The molecule has 34 heavy (non-hydrogen) atoms. The number of rotatable bonds is 5. The third kappa shape index (κ3) is 4.07. The third-order valence-corrected chi connectivity index (χ3v) is 7.11. The van der Waals surface area contributed by atoms with Gasteiger partial charge in [0.2, 0.25) is 0 Å². The number of anilines is 1. The highest BCUT2D eigenvalue weighted by molar-refractivity contribution is 5.95. The summed E-state index contributed by atoms with van der Waals surface area (Å²) in [5.41, 5.74) is 7.44. The molecule has 172 valence electrons. The topological polar surface area (TPSA) is 84.3 Å². The van der Waals surface area contributed by atoms with Crippen LogP contribution in [-0.4, -0.2) is 10.8 Å². The molecule has 0 aromatic heterocycles. The zero-order valence-electron chi connectivity index (χ0n) is 19.2. The van der Waals surface area contributed by atoms with E-state index in [2.05, 4.69) is 48.8 Å². The van der Waals surface area contributed by atoms with Gasteiger partial charge in [-0.2, -0.15) is 0 Å². The van der Waals surface area contributed by atoms with Gasteiger partial charge in [0, 0.05) is 35.8 Å². The Morgan fingerprint density at radius 3 is 2.59 bits per heavy atom. The van der Waals surface area contributed by atoms with Gasteiger partial charge in [-0.25, -0.2) is 0 Å². The molecule has 5 rings (SSSR count). The Morgan fingerprint density at radius 1 is 1.06 bits per heavy atom. The van der Waals surface area contributed by atoms with E-state index in [1.54, 1.807) is 12.1 Å². The number of nitro benzene ring substituents is 1. The van der Waals surface area contributed by atoms with E-state index in [-0.39, 0.29) is 28.5 Å². The number of nitrogens with zero attached hydrogens (tertiary/aromatic N) is 1. The van der Waals surface area contributed by atoms with E-state index in [0.29, 0.717) is 18.0 Å². The van der Waals surface area contributed by atoms with Crippen molar-refractivity contribution in [2.24, 2.45) is 5.92 Å². The number of nitro groups is 1. The van der Waals surface area contributed by atoms with Gasteiger partial charge in [0.05, 0.1) is 11.0 Å². The number of aryl methyl sites for hydroxylation is 2. The van der Waals surface area contributed by atoms with Gasteiger partial charge in [-0.1, -0.05) is 42.5 Å². The number of carbonyl (C=O) groups is 1. The maximum absolute atomic E-state index is 12.9. The van der Waals surface area contributed by atoms with E-state index in [1.165, 1.54) is 11.1 Å².